The molecule has 0 N–H and O–H groups in total. The lowest BCUT2D eigenvalue weighted by atomic mass is 10.2. The fourth-order valence-corrected chi connectivity index (χ4v) is 2.37. The van der Waals surface area contributed by atoms with Crippen LogP contribution < -0.4 is 0 Å². The van der Waals surface area contributed by atoms with Crippen molar-refractivity contribution < 1.29 is 4.79 Å². The largest absolute Gasteiger partial charge is 0.341 e. The molecule has 0 radical (unpaired) electrons. The predicted molar refractivity (Wildman–Crippen MR) is 83.7 cm³/mol. The van der Waals surface area contributed by atoms with Crippen molar-refractivity contribution in [1.82, 2.24) is 24.5 Å². The second kappa shape index (κ2) is 6.43. The number of carbonyl (C=O) groups excluding carboxylic acids is 1. The maximum Gasteiger partial charge on any atom is 0.224 e. The van der Waals surface area contributed by atoms with Crippen molar-refractivity contribution in [2.75, 3.05) is 7.05 Å². The Balaban J connectivity index is 1.89. The third-order valence-electron chi connectivity index (χ3n) is 3.61. The van der Waals surface area contributed by atoms with Gasteiger partial charge in [-0.2, -0.15) is 10.2 Å². The summed E-state index contributed by atoms with van der Waals surface area (Å²) in [5.41, 5.74) is 3.09. The van der Waals surface area contributed by atoms with Gasteiger partial charge in [-0.1, -0.05) is 0 Å². The van der Waals surface area contributed by atoms with E-state index >= 15 is 0 Å². The lowest BCUT2D eigenvalue weighted by Crippen LogP contribution is -2.27. The maximum absolute atomic E-state index is 12.2. The Morgan fingerprint density at radius 3 is 2.67 bits per heavy atom. The van der Waals surface area contributed by atoms with Crippen LogP contribution >= 0.6 is 15.9 Å². The van der Waals surface area contributed by atoms with E-state index in [1.165, 1.54) is 0 Å². The minimum Gasteiger partial charge on any atom is -0.341 e. The Hall–Kier alpha value is -1.63. The van der Waals surface area contributed by atoms with Gasteiger partial charge in [-0.05, 0) is 29.8 Å². The van der Waals surface area contributed by atoms with Crippen LogP contribution in [0.15, 0.2) is 16.9 Å². The highest BCUT2D eigenvalue weighted by atomic mass is 79.9. The van der Waals surface area contributed by atoms with Gasteiger partial charge in [-0.15, -0.1) is 0 Å². The summed E-state index contributed by atoms with van der Waals surface area (Å²) < 4.78 is 4.58. The number of carbonyl (C=O) groups is 1. The van der Waals surface area contributed by atoms with Crippen LogP contribution in [0.2, 0.25) is 0 Å². The van der Waals surface area contributed by atoms with Crippen molar-refractivity contribution in [1.29, 1.82) is 0 Å². The molecule has 0 fully saturated rings. The lowest BCUT2D eigenvalue weighted by Gasteiger charge is -2.17. The van der Waals surface area contributed by atoms with Gasteiger partial charge in [-0.25, -0.2) is 0 Å². The van der Waals surface area contributed by atoms with Crippen LogP contribution in [-0.2, 0) is 24.9 Å². The second-order valence-electron chi connectivity index (χ2n) is 5.20. The first-order valence-corrected chi connectivity index (χ1v) is 7.58. The van der Waals surface area contributed by atoms with Crippen molar-refractivity contribution in [3.63, 3.8) is 0 Å². The molecular weight excluding hydrogens is 334 g/mol. The Morgan fingerprint density at radius 1 is 1.43 bits per heavy atom. The van der Waals surface area contributed by atoms with E-state index in [0.29, 0.717) is 19.5 Å². The highest BCUT2D eigenvalue weighted by Gasteiger charge is 2.13. The van der Waals surface area contributed by atoms with Gasteiger partial charge in [0.05, 0.1) is 16.4 Å². The SMILES string of the molecule is Cc1nn(CCC(=O)N(C)Cc2cnn(C)c2C)cc1Br. The van der Waals surface area contributed by atoms with Gasteiger partial charge >= 0.3 is 0 Å². The molecule has 0 saturated heterocycles. The average Bonchev–Trinajstić information content (AvgIpc) is 2.93. The summed E-state index contributed by atoms with van der Waals surface area (Å²) in [7, 11) is 3.72. The van der Waals surface area contributed by atoms with Crippen LogP contribution in [0.3, 0.4) is 0 Å². The third kappa shape index (κ3) is 3.72. The van der Waals surface area contributed by atoms with Gasteiger partial charge < -0.3 is 4.90 Å². The Kier molecular flexibility index (Phi) is 4.82. The molecule has 0 aliphatic carbocycles. The van der Waals surface area contributed by atoms with E-state index in [1.54, 1.807) is 9.58 Å². The maximum atomic E-state index is 12.2. The smallest absolute Gasteiger partial charge is 0.224 e. The molecule has 2 aromatic rings. The van der Waals surface area contributed by atoms with E-state index in [2.05, 4.69) is 26.1 Å². The number of hydrogen-bond acceptors (Lipinski definition) is 3. The molecule has 0 atom stereocenters. The molecule has 2 aromatic heterocycles. The van der Waals surface area contributed by atoms with Gasteiger partial charge in [0.15, 0.2) is 0 Å². The first-order valence-electron chi connectivity index (χ1n) is 6.79. The van der Waals surface area contributed by atoms with Gasteiger partial charge in [0.1, 0.15) is 0 Å². The Bertz CT molecular complexity index is 626. The highest BCUT2D eigenvalue weighted by molar-refractivity contribution is 9.10. The summed E-state index contributed by atoms with van der Waals surface area (Å²) in [5, 5.41) is 8.52. The minimum absolute atomic E-state index is 0.0996. The third-order valence-corrected chi connectivity index (χ3v) is 4.39. The van der Waals surface area contributed by atoms with Crippen LogP contribution in [-0.4, -0.2) is 37.4 Å². The van der Waals surface area contributed by atoms with Crippen molar-refractivity contribution in [2.24, 2.45) is 7.05 Å². The van der Waals surface area contributed by atoms with Crippen molar-refractivity contribution in [2.45, 2.75) is 33.4 Å². The molecule has 0 saturated carbocycles. The van der Waals surface area contributed by atoms with Crippen LogP contribution in [0.5, 0.6) is 0 Å². The summed E-state index contributed by atoms with van der Waals surface area (Å²) in [4.78, 5) is 13.9. The minimum atomic E-state index is 0.0996. The molecule has 0 aliphatic rings. The topological polar surface area (TPSA) is 56.0 Å². The number of aryl methyl sites for hydroxylation is 3. The lowest BCUT2D eigenvalue weighted by molar-refractivity contribution is -0.130. The first-order chi connectivity index (χ1) is 9.88. The molecule has 0 aliphatic heterocycles. The Morgan fingerprint density at radius 2 is 2.14 bits per heavy atom. The number of halogens is 1. The summed E-state index contributed by atoms with van der Waals surface area (Å²) in [6, 6.07) is 0. The number of amides is 1. The zero-order chi connectivity index (χ0) is 15.6. The molecule has 1 amide bonds. The van der Waals surface area contributed by atoms with E-state index in [-0.39, 0.29) is 5.91 Å². The molecule has 2 heterocycles. The average molecular weight is 354 g/mol. The molecule has 0 spiro atoms. The van der Waals surface area contributed by atoms with E-state index in [0.717, 1.165) is 21.4 Å². The van der Waals surface area contributed by atoms with Crippen molar-refractivity contribution in [3.05, 3.63) is 33.8 Å². The standard InChI is InChI=1S/C14H20BrN5O/c1-10-13(15)9-20(17-10)6-5-14(21)18(3)8-12-7-16-19(4)11(12)2/h7,9H,5-6,8H2,1-4H3. The van der Waals surface area contributed by atoms with E-state index in [4.69, 9.17) is 0 Å². The summed E-state index contributed by atoms with van der Waals surface area (Å²) >= 11 is 3.42. The fourth-order valence-electron chi connectivity index (χ4n) is 2.05. The van der Waals surface area contributed by atoms with Gasteiger partial charge in [0.25, 0.3) is 0 Å². The summed E-state index contributed by atoms with van der Waals surface area (Å²) in [6.45, 7) is 5.10. The number of nitrogens with zero attached hydrogens (tertiary/aromatic N) is 5. The van der Waals surface area contributed by atoms with Gasteiger partial charge in [0, 0.05) is 51.1 Å². The molecule has 7 heteroatoms. The Labute approximate surface area is 132 Å². The van der Waals surface area contributed by atoms with Gasteiger partial charge in [-0.3, -0.25) is 14.2 Å². The summed E-state index contributed by atoms with van der Waals surface area (Å²) in [5.74, 6) is 0.0996. The predicted octanol–water partition coefficient (Wildman–Crippen LogP) is 2.04. The molecule has 6 nitrogen and oxygen atoms in total. The molecule has 0 unspecified atom stereocenters. The quantitative estimate of drug-likeness (QED) is 0.826. The molecule has 0 bridgehead atoms. The first kappa shape index (κ1) is 15.8. The normalized spacial score (nSPS) is 10.9. The number of aromatic nitrogens is 4. The molecule has 114 valence electrons. The van der Waals surface area contributed by atoms with Crippen molar-refractivity contribution >= 4 is 21.8 Å². The monoisotopic (exact) mass is 353 g/mol. The molecule has 0 aromatic carbocycles. The van der Waals surface area contributed by atoms with Crippen LogP contribution in [0.25, 0.3) is 0 Å². The highest BCUT2D eigenvalue weighted by Crippen LogP contribution is 2.14. The summed E-state index contributed by atoms with van der Waals surface area (Å²) in [6.07, 6.45) is 4.14. The fraction of sp³-hybridized carbons (Fsp3) is 0.500. The van der Waals surface area contributed by atoms with E-state index < -0.39 is 0 Å². The molecule has 2 rings (SSSR count). The second-order valence-corrected chi connectivity index (χ2v) is 6.06. The van der Waals surface area contributed by atoms with E-state index in [1.807, 2.05) is 45.0 Å². The zero-order valence-electron chi connectivity index (χ0n) is 12.8. The van der Waals surface area contributed by atoms with Crippen LogP contribution in [0.4, 0.5) is 0 Å². The van der Waals surface area contributed by atoms with Gasteiger partial charge in [0.2, 0.25) is 5.91 Å². The molecule has 21 heavy (non-hydrogen) atoms. The van der Waals surface area contributed by atoms with Crippen LogP contribution in [0, 0.1) is 13.8 Å². The molecular formula is C14H20BrN5O. The van der Waals surface area contributed by atoms with Crippen molar-refractivity contribution in [3.8, 4) is 0 Å². The van der Waals surface area contributed by atoms with Crippen LogP contribution in [0.1, 0.15) is 23.4 Å². The number of hydrogen-bond donors (Lipinski definition) is 0. The number of rotatable bonds is 5. The van der Waals surface area contributed by atoms with E-state index in [9.17, 15) is 4.79 Å². The zero-order valence-corrected chi connectivity index (χ0v) is 14.4.